The predicted octanol–water partition coefficient (Wildman–Crippen LogP) is 4.92. The van der Waals surface area contributed by atoms with Crippen molar-refractivity contribution in [2.24, 2.45) is 0 Å². The number of ether oxygens (including phenoxy) is 2. The molecule has 0 N–H and O–H groups in total. The number of thiazole rings is 1. The lowest BCUT2D eigenvalue weighted by molar-refractivity contribution is 0.0371. The molecule has 0 saturated carbocycles. The molecule has 0 spiro atoms. The van der Waals surface area contributed by atoms with Crippen LogP contribution in [0.15, 0.2) is 23.6 Å². The predicted molar refractivity (Wildman–Crippen MR) is 126 cm³/mol. The molecular formula is C20H28Cl2N2O5S2. The number of benzene rings is 1. The number of aryl methyl sites for hydroxylation is 1. The molecule has 0 fully saturated rings. The molecule has 1 aromatic heterocycles. The van der Waals surface area contributed by atoms with Gasteiger partial charge in [-0.2, -0.15) is 4.31 Å². The number of aromatic nitrogens is 1. The summed E-state index contributed by atoms with van der Waals surface area (Å²) in [5.74, 6) is 0.0214. The van der Waals surface area contributed by atoms with Crippen LogP contribution in [-0.4, -0.2) is 55.7 Å². The SMILES string of the molecule is C.CC(C)OC(=O)c1csc(CCCN(CCOc2cc(Cl)cc(Cl)c2)S(C)(=O)=O)n1. The van der Waals surface area contributed by atoms with Crippen LogP contribution in [-0.2, 0) is 21.2 Å². The Morgan fingerprint density at radius 3 is 2.42 bits per heavy atom. The highest BCUT2D eigenvalue weighted by molar-refractivity contribution is 7.88. The van der Waals surface area contributed by atoms with Gasteiger partial charge in [0.2, 0.25) is 10.0 Å². The van der Waals surface area contributed by atoms with Gasteiger partial charge in [0.1, 0.15) is 12.4 Å². The highest BCUT2D eigenvalue weighted by Crippen LogP contribution is 2.24. The van der Waals surface area contributed by atoms with E-state index in [4.69, 9.17) is 32.7 Å². The summed E-state index contributed by atoms with van der Waals surface area (Å²) < 4.78 is 36.2. The van der Waals surface area contributed by atoms with E-state index in [9.17, 15) is 13.2 Å². The molecule has 1 aromatic carbocycles. The molecule has 11 heteroatoms. The van der Waals surface area contributed by atoms with Crippen LogP contribution in [0.3, 0.4) is 0 Å². The third-order valence-corrected chi connectivity index (χ3v) is 6.46. The molecule has 174 valence electrons. The first-order valence-corrected chi connectivity index (χ1v) is 12.7. The summed E-state index contributed by atoms with van der Waals surface area (Å²) in [6, 6.07) is 4.82. The number of carbonyl (C=O) groups excluding carboxylic acids is 1. The Balaban J connectivity index is 0.00000480. The van der Waals surface area contributed by atoms with E-state index in [2.05, 4.69) is 4.98 Å². The summed E-state index contributed by atoms with van der Waals surface area (Å²) in [5, 5.41) is 3.29. The van der Waals surface area contributed by atoms with Crippen molar-refractivity contribution >= 4 is 50.5 Å². The van der Waals surface area contributed by atoms with Gasteiger partial charge in [-0.3, -0.25) is 0 Å². The van der Waals surface area contributed by atoms with Crippen LogP contribution < -0.4 is 4.74 Å². The minimum atomic E-state index is -3.40. The number of carbonyl (C=O) groups is 1. The Kier molecular flexibility index (Phi) is 11.2. The van der Waals surface area contributed by atoms with E-state index >= 15 is 0 Å². The fourth-order valence-electron chi connectivity index (χ4n) is 2.52. The molecule has 7 nitrogen and oxygen atoms in total. The first-order chi connectivity index (χ1) is 14.0. The van der Waals surface area contributed by atoms with Crippen molar-refractivity contribution in [1.82, 2.24) is 9.29 Å². The van der Waals surface area contributed by atoms with Gasteiger partial charge in [0.15, 0.2) is 5.69 Å². The van der Waals surface area contributed by atoms with Crippen molar-refractivity contribution in [1.29, 1.82) is 0 Å². The Bertz CT molecular complexity index is 944. The highest BCUT2D eigenvalue weighted by atomic mass is 35.5. The fraction of sp³-hybridized carbons (Fsp3) is 0.500. The molecule has 0 atom stereocenters. The molecule has 0 radical (unpaired) electrons. The van der Waals surface area contributed by atoms with Crippen molar-refractivity contribution in [3.05, 3.63) is 44.3 Å². The summed E-state index contributed by atoms with van der Waals surface area (Å²) in [5.41, 5.74) is 0.275. The lowest BCUT2D eigenvalue weighted by atomic mass is 10.3. The van der Waals surface area contributed by atoms with E-state index in [0.717, 1.165) is 11.3 Å². The number of halogens is 2. The largest absolute Gasteiger partial charge is 0.492 e. The zero-order valence-electron chi connectivity index (χ0n) is 16.9. The minimum Gasteiger partial charge on any atom is -0.492 e. The van der Waals surface area contributed by atoms with Crippen molar-refractivity contribution in [3.63, 3.8) is 0 Å². The van der Waals surface area contributed by atoms with Crippen molar-refractivity contribution in [2.75, 3.05) is 26.0 Å². The fourth-order valence-corrected chi connectivity index (χ4v) is 4.70. The van der Waals surface area contributed by atoms with E-state index in [-0.39, 0.29) is 32.4 Å². The van der Waals surface area contributed by atoms with Gasteiger partial charge >= 0.3 is 5.97 Å². The average molecular weight is 511 g/mol. The standard InChI is InChI=1S/C19H24Cl2N2O5S2.CH4/c1-13(2)28-19(24)17-12-29-18(22-17)5-4-6-23(30(3,25)26)7-8-27-16-10-14(20)9-15(21)11-16;/h9-13H,4-8H2,1-3H3;1H4. The maximum absolute atomic E-state index is 12.1. The molecule has 0 saturated heterocycles. The van der Waals surface area contributed by atoms with Gasteiger partial charge in [0, 0.05) is 34.9 Å². The zero-order valence-corrected chi connectivity index (χ0v) is 20.1. The summed E-state index contributed by atoms with van der Waals surface area (Å²) >= 11 is 13.2. The molecule has 0 bridgehead atoms. The van der Waals surface area contributed by atoms with Gasteiger partial charge in [-0.25, -0.2) is 18.2 Å². The summed E-state index contributed by atoms with van der Waals surface area (Å²) in [6.07, 6.45) is 2.06. The summed E-state index contributed by atoms with van der Waals surface area (Å²) in [6.45, 7) is 4.20. The van der Waals surface area contributed by atoms with Crippen molar-refractivity contribution in [2.45, 2.75) is 40.2 Å². The van der Waals surface area contributed by atoms with E-state index < -0.39 is 16.0 Å². The number of nitrogens with zero attached hydrogens (tertiary/aromatic N) is 2. The molecular weight excluding hydrogens is 483 g/mol. The monoisotopic (exact) mass is 510 g/mol. The van der Waals surface area contributed by atoms with Crippen LogP contribution in [0.1, 0.15) is 43.2 Å². The second-order valence-electron chi connectivity index (χ2n) is 6.80. The van der Waals surface area contributed by atoms with Crippen LogP contribution in [0.4, 0.5) is 0 Å². The zero-order chi connectivity index (χ0) is 22.3. The molecule has 2 rings (SSSR count). The first kappa shape index (κ1) is 27.6. The third-order valence-electron chi connectivity index (χ3n) is 3.82. The second kappa shape index (κ2) is 12.6. The second-order valence-corrected chi connectivity index (χ2v) is 10.6. The number of hydrogen-bond acceptors (Lipinski definition) is 7. The maximum Gasteiger partial charge on any atom is 0.358 e. The Labute approximate surface area is 198 Å². The molecule has 31 heavy (non-hydrogen) atoms. The Hall–Kier alpha value is -1.39. The van der Waals surface area contributed by atoms with Crippen LogP contribution in [0.2, 0.25) is 10.0 Å². The molecule has 0 aliphatic rings. The molecule has 0 aliphatic heterocycles. The molecule has 0 unspecified atom stereocenters. The van der Waals surface area contributed by atoms with Crippen molar-refractivity contribution in [3.8, 4) is 5.75 Å². The Morgan fingerprint density at radius 2 is 1.84 bits per heavy atom. The Morgan fingerprint density at radius 1 is 1.19 bits per heavy atom. The first-order valence-electron chi connectivity index (χ1n) is 9.24. The van der Waals surface area contributed by atoms with E-state index in [1.165, 1.54) is 15.6 Å². The van der Waals surface area contributed by atoms with E-state index in [1.807, 2.05) is 0 Å². The topological polar surface area (TPSA) is 85.8 Å². The number of esters is 1. The normalized spacial score (nSPS) is 11.5. The van der Waals surface area contributed by atoms with Crippen LogP contribution in [0.5, 0.6) is 5.75 Å². The van der Waals surface area contributed by atoms with Gasteiger partial charge in [-0.1, -0.05) is 30.6 Å². The van der Waals surface area contributed by atoms with Gasteiger partial charge in [-0.15, -0.1) is 11.3 Å². The number of sulfonamides is 1. The molecule has 0 aliphatic carbocycles. The minimum absolute atomic E-state index is 0. The quantitative estimate of drug-likeness (QED) is 0.398. The van der Waals surface area contributed by atoms with Gasteiger partial charge < -0.3 is 9.47 Å². The van der Waals surface area contributed by atoms with Crippen LogP contribution >= 0.6 is 34.5 Å². The summed E-state index contributed by atoms with van der Waals surface area (Å²) in [7, 11) is -3.40. The average Bonchev–Trinajstić information content (AvgIpc) is 3.07. The highest BCUT2D eigenvalue weighted by Gasteiger charge is 2.18. The van der Waals surface area contributed by atoms with Gasteiger partial charge in [-0.05, 0) is 38.5 Å². The number of rotatable bonds is 11. The smallest absolute Gasteiger partial charge is 0.358 e. The van der Waals surface area contributed by atoms with E-state index in [1.54, 1.807) is 37.4 Å². The van der Waals surface area contributed by atoms with Gasteiger partial charge in [0.25, 0.3) is 0 Å². The van der Waals surface area contributed by atoms with E-state index in [0.29, 0.717) is 35.2 Å². The number of hydrogen-bond donors (Lipinski definition) is 0. The molecule has 1 heterocycles. The van der Waals surface area contributed by atoms with Crippen LogP contribution in [0.25, 0.3) is 0 Å². The molecule has 0 amide bonds. The molecule has 2 aromatic rings. The maximum atomic E-state index is 12.1. The lowest BCUT2D eigenvalue weighted by Crippen LogP contribution is -2.34. The third kappa shape index (κ3) is 9.74. The van der Waals surface area contributed by atoms with Crippen LogP contribution in [0, 0.1) is 0 Å². The van der Waals surface area contributed by atoms with Gasteiger partial charge in [0.05, 0.1) is 17.4 Å². The van der Waals surface area contributed by atoms with Crippen molar-refractivity contribution < 1.29 is 22.7 Å². The summed E-state index contributed by atoms with van der Waals surface area (Å²) in [4.78, 5) is 16.1. The lowest BCUT2D eigenvalue weighted by Gasteiger charge is -2.20.